The van der Waals surface area contributed by atoms with Crippen molar-refractivity contribution in [2.45, 2.75) is 44.7 Å². The van der Waals surface area contributed by atoms with Gasteiger partial charge in [0.25, 0.3) is 0 Å². The molecule has 0 bridgehead atoms. The summed E-state index contributed by atoms with van der Waals surface area (Å²) >= 11 is 0. The number of rotatable bonds is 1. The van der Waals surface area contributed by atoms with Crippen LogP contribution in [0.15, 0.2) is 0 Å². The van der Waals surface area contributed by atoms with Crippen LogP contribution in [0, 0.1) is 0 Å². The first-order valence-corrected chi connectivity index (χ1v) is 4.79. The van der Waals surface area contributed by atoms with E-state index >= 15 is 0 Å². The Kier molecular flexibility index (Phi) is 2.83. The molecule has 2 aliphatic heterocycles. The fourth-order valence-corrected chi connectivity index (χ4v) is 1.88. The summed E-state index contributed by atoms with van der Waals surface area (Å²) in [6, 6.07) is 0. The summed E-state index contributed by atoms with van der Waals surface area (Å²) in [5, 5.41) is 0. The Morgan fingerprint density at radius 3 is 2.46 bits per heavy atom. The number of hydrogen-bond donors (Lipinski definition) is 0. The number of ether oxygens (including phenoxy) is 4. The molecular weight excluding hydrogens is 172 g/mol. The standard InChI is InChI=1S/C9H16O4/c1-3-7-9-8(12-5-11-7)6(2)10-4-13-9/h6-9H,3-5H2,1-2H3/t6-,7-,8?,9?/m1/s1. The lowest BCUT2D eigenvalue weighted by molar-refractivity contribution is -0.319. The molecule has 2 aliphatic rings. The summed E-state index contributed by atoms with van der Waals surface area (Å²) in [5.41, 5.74) is 0. The Balaban J connectivity index is 2.05. The maximum absolute atomic E-state index is 5.48. The highest BCUT2D eigenvalue weighted by Crippen LogP contribution is 2.26. The Morgan fingerprint density at radius 1 is 1.00 bits per heavy atom. The summed E-state index contributed by atoms with van der Waals surface area (Å²) < 4.78 is 21.7. The minimum atomic E-state index is 0.0347. The van der Waals surface area contributed by atoms with E-state index in [0.29, 0.717) is 13.6 Å². The maximum Gasteiger partial charge on any atom is 0.147 e. The van der Waals surface area contributed by atoms with Crippen molar-refractivity contribution < 1.29 is 18.9 Å². The Morgan fingerprint density at radius 2 is 1.69 bits per heavy atom. The number of hydrogen-bond acceptors (Lipinski definition) is 4. The summed E-state index contributed by atoms with van der Waals surface area (Å²) in [6.07, 6.45) is 1.30. The van der Waals surface area contributed by atoms with Crippen LogP contribution in [-0.4, -0.2) is 38.0 Å². The molecule has 0 N–H and O–H groups in total. The van der Waals surface area contributed by atoms with E-state index in [-0.39, 0.29) is 24.4 Å². The fraction of sp³-hybridized carbons (Fsp3) is 1.00. The number of fused-ring (bicyclic) bond motifs is 1. The second-order valence-corrected chi connectivity index (χ2v) is 3.48. The van der Waals surface area contributed by atoms with E-state index in [0.717, 1.165) is 6.42 Å². The fourth-order valence-electron chi connectivity index (χ4n) is 1.88. The normalized spacial score (nSPS) is 45.7. The van der Waals surface area contributed by atoms with Gasteiger partial charge in [-0.05, 0) is 13.3 Å². The molecule has 2 fully saturated rings. The van der Waals surface area contributed by atoms with Crippen molar-refractivity contribution >= 4 is 0 Å². The minimum Gasteiger partial charge on any atom is -0.350 e. The lowest BCUT2D eigenvalue weighted by atomic mass is 10.00. The molecule has 2 rings (SSSR count). The molecule has 0 saturated carbocycles. The van der Waals surface area contributed by atoms with Crippen molar-refractivity contribution in [1.82, 2.24) is 0 Å². The Labute approximate surface area is 78.1 Å². The molecule has 2 saturated heterocycles. The molecule has 2 unspecified atom stereocenters. The molecule has 4 nitrogen and oxygen atoms in total. The molecule has 0 spiro atoms. The average Bonchev–Trinajstić information content (AvgIpc) is 2.18. The van der Waals surface area contributed by atoms with Crippen LogP contribution in [0.25, 0.3) is 0 Å². The minimum absolute atomic E-state index is 0.0347. The highest BCUT2D eigenvalue weighted by molar-refractivity contribution is 4.86. The first-order valence-electron chi connectivity index (χ1n) is 4.79. The van der Waals surface area contributed by atoms with Crippen molar-refractivity contribution in [3.8, 4) is 0 Å². The van der Waals surface area contributed by atoms with Crippen LogP contribution in [-0.2, 0) is 18.9 Å². The van der Waals surface area contributed by atoms with E-state index in [9.17, 15) is 0 Å². The predicted molar refractivity (Wildman–Crippen MR) is 45.2 cm³/mol. The van der Waals surface area contributed by atoms with Crippen LogP contribution < -0.4 is 0 Å². The summed E-state index contributed by atoms with van der Waals surface area (Å²) in [5.74, 6) is 0. The molecule has 0 aromatic heterocycles. The third-order valence-electron chi connectivity index (χ3n) is 2.69. The van der Waals surface area contributed by atoms with Crippen molar-refractivity contribution in [3.63, 3.8) is 0 Å². The van der Waals surface area contributed by atoms with E-state index in [1.165, 1.54) is 0 Å². The van der Waals surface area contributed by atoms with Gasteiger partial charge in [-0.3, -0.25) is 0 Å². The molecule has 0 aromatic rings. The Hall–Kier alpha value is -0.160. The molecular formula is C9H16O4. The van der Waals surface area contributed by atoms with Crippen molar-refractivity contribution in [2.75, 3.05) is 13.6 Å². The van der Waals surface area contributed by atoms with Gasteiger partial charge in [0.05, 0.1) is 12.2 Å². The van der Waals surface area contributed by atoms with E-state index in [2.05, 4.69) is 6.92 Å². The Bertz CT molecular complexity index is 173. The van der Waals surface area contributed by atoms with Gasteiger partial charge in [-0.25, -0.2) is 0 Å². The lowest BCUT2D eigenvalue weighted by Gasteiger charge is -2.43. The molecule has 76 valence electrons. The molecule has 4 atom stereocenters. The van der Waals surface area contributed by atoms with E-state index in [1.54, 1.807) is 0 Å². The van der Waals surface area contributed by atoms with Crippen molar-refractivity contribution in [1.29, 1.82) is 0 Å². The second kappa shape index (κ2) is 3.92. The molecule has 0 radical (unpaired) electrons. The van der Waals surface area contributed by atoms with Crippen LogP contribution in [0.5, 0.6) is 0 Å². The van der Waals surface area contributed by atoms with Gasteiger partial charge < -0.3 is 18.9 Å². The van der Waals surface area contributed by atoms with Gasteiger partial charge in [0.15, 0.2) is 0 Å². The summed E-state index contributed by atoms with van der Waals surface area (Å²) in [4.78, 5) is 0. The zero-order valence-corrected chi connectivity index (χ0v) is 8.06. The lowest BCUT2D eigenvalue weighted by Crippen LogP contribution is -2.55. The molecule has 4 heteroatoms. The van der Waals surface area contributed by atoms with Gasteiger partial charge in [-0.15, -0.1) is 0 Å². The third kappa shape index (κ3) is 1.72. The summed E-state index contributed by atoms with van der Waals surface area (Å²) in [6.45, 7) is 4.82. The first-order chi connectivity index (χ1) is 6.33. The van der Waals surface area contributed by atoms with Gasteiger partial charge >= 0.3 is 0 Å². The smallest absolute Gasteiger partial charge is 0.147 e. The molecule has 0 amide bonds. The van der Waals surface area contributed by atoms with Crippen molar-refractivity contribution in [2.24, 2.45) is 0 Å². The van der Waals surface area contributed by atoms with Gasteiger partial charge in [0.1, 0.15) is 25.8 Å². The monoisotopic (exact) mass is 188 g/mol. The van der Waals surface area contributed by atoms with Crippen LogP contribution in [0.2, 0.25) is 0 Å². The topological polar surface area (TPSA) is 36.9 Å². The maximum atomic E-state index is 5.48. The summed E-state index contributed by atoms with van der Waals surface area (Å²) in [7, 11) is 0. The second-order valence-electron chi connectivity index (χ2n) is 3.48. The van der Waals surface area contributed by atoms with Crippen molar-refractivity contribution in [3.05, 3.63) is 0 Å². The zero-order valence-electron chi connectivity index (χ0n) is 8.06. The van der Waals surface area contributed by atoms with Crippen LogP contribution in [0.1, 0.15) is 20.3 Å². The highest BCUT2D eigenvalue weighted by atomic mass is 16.8. The van der Waals surface area contributed by atoms with Gasteiger partial charge in [0, 0.05) is 0 Å². The quantitative estimate of drug-likeness (QED) is 0.612. The van der Waals surface area contributed by atoms with E-state index < -0.39 is 0 Å². The van der Waals surface area contributed by atoms with Crippen LogP contribution in [0.4, 0.5) is 0 Å². The van der Waals surface area contributed by atoms with Crippen LogP contribution >= 0.6 is 0 Å². The SMILES string of the molecule is CC[C@H]1OCOC2C1OCO[C@@H]2C. The average molecular weight is 188 g/mol. The molecule has 13 heavy (non-hydrogen) atoms. The predicted octanol–water partition coefficient (Wildman–Crippen LogP) is 0.899. The van der Waals surface area contributed by atoms with Gasteiger partial charge in [0.2, 0.25) is 0 Å². The van der Waals surface area contributed by atoms with E-state index in [1.807, 2.05) is 6.92 Å². The third-order valence-corrected chi connectivity index (χ3v) is 2.69. The van der Waals surface area contributed by atoms with Crippen LogP contribution in [0.3, 0.4) is 0 Å². The highest BCUT2D eigenvalue weighted by Gasteiger charge is 2.41. The zero-order chi connectivity index (χ0) is 9.26. The molecule has 2 heterocycles. The molecule has 0 aromatic carbocycles. The largest absolute Gasteiger partial charge is 0.350 e. The molecule has 0 aliphatic carbocycles. The van der Waals surface area contributed by atoms with E-state index in [4.69, 9.17) is 18.9 Å². The van der Waals surface area contributed by atoms with Gasteiger partial charge in [-0.2, -0.15) is 0 Å². The first kappa shape index (κ1) is 9.40. The van der Waals surface area contributed by atoms with Gasteiger partial charge in [-0.1, -0.05) is 6.92 Å².